The summed E-state index contributed by atoms with van der Waals surface area (Å²) >= 11 is 0. The lowest BCUT2D eigenvalue weighted by Crippen LogP contribution is -1.95. The number of rotatable bonds is 3. The fraction of sp³-hybridized carbons (Fsp3) is 0.0303. The molecule has 0 N–H and O–H groups in total. The van der Waals surface area contributed by atoms with Crippen LogP contribution in [0.25, 0.3) is 33.4 Å². The molecule has 0 aromatic heterocycles. The van der Waals surface area contributed by atoms with Crippen molar-refractivity contribution in [2.75, 3.05) is 0 Å². The summed E-state index contributed by atoms with van der Waals surface area (Å²) in [6.45, 7) is 1.55. The maximum atomic E-state index is 15.2. The molecule has 0 aliphatic carbocycles. The first-order valence-corrected chi connectivity index (χ1v) is 11.8. The van der Waals surface area contributed by atoms with Crippen molar-refractivity contribution in [3.63, 3.8) is 0 Å². The molecule has 0 aliphatic rings. The maximum Gasteiger partial charge on any atom is 0.194 e. The molecule has 0 unspecified atom stereocenters. The van der Waals surface area contributed by atoms with Gasteiger partial charge in [0.1, 0.15) is 17.5 Å². The molecule has 5 rings (SSSR count). The van der Waals surface area contributed by atoms with E-state index in [4.69, 9.17) is 0 Å². The topological polar surface area (TPSA) is 0 Å². The van der Waals surface area contributed by atoms with Crippen LogP contribution in [0.3, 0.4) is 0 Å². The van der Waals surface area contributed by atoms with Gasteiger partial charge in [0.05, 0.1) is 5.56 Å². The molecule has 0 nitrogen and oxygen atoms in total. The highest BCUT2D eigenvalue weighted by Crippen LogP contribution is 2.33. The Kier molecular flexibility index (Phi) is 7.00. The number of benzene rings is 5. The van der Waals surface area contributed by atoms with Crippen LogP contribution in [0, 0.1) is 53.7 Å². The minimum Gasteiger partial charge on any atom is -0.206 e. The predicted molar refractivity (Wildman–Crippen MR) is 140 cm³/mol. The summed E-state index contributed by atoms with van der Waals surface area (Å²) < 4.78 is 85.1. The second-order valence-corrected chi connectivity index (χ2v) is 8.91. The van der Waals surface area contributed by atoms with Crippen LogP contribution in [0.1, 0.15) is 16.7 Å². The third-order valence-corrected chi connectivity index (χ3v) is 6.27. The largest absolute Gasteiger partial charge is 0.206 e. The summed E-state index contributed by atoms with van der Waals surface area (Å²) in [6, 6.07) is 22.3. The summed E-state index contributed by atoms with van der Waals surface area (Å²) in [7, 11) is 0. The van der Waals surface area contributed by atoms with Crippen LogP contribution in [0.2, 0.25) is 0 Å². The first kappa shape index (κ1) is 25.9. The van der Waals surface area contributed by atoms with Gasteiger partial charge < -0.3 is 0 Å². The molecule has 6 heteroatoms. The first-order chi connectivity index (χ1) is 18.7. The SMILES string of the molecule is Cc1cc(-c2ccc(-c3ccc(-c4ccccc4)cc3F)cc2F)cc(F)c1C#Cc1cc(F)c(F)c(F)c1. The Morgan fingerprint density at radius 1 is 0.462 bits per heavy atom. The summed E-state index contributed by atoms with van der Waals surface area (Å²) in [5.74, 6) is -1.45. The van der Waals surface area contributed by atoms with Gasteiger partial charge in [-0.15, -0.1) is 0 Å². The van der Waals surface area contributed by atoms with E-state index >= 15 is 4.39 Å². The average molecular weight is 528 g/mol. The van der Waals surface area contributed by atoms with E-state index in [0.717, 1.165) is 11.6 Å². The van der Waals surface area contributed by atoms with E-state index in [1.54, 1.807) is 25.1 Å². The van der Waals surface area contributed by atoms with Crippen molar-refractivity contribution in [2.24, 2.45) is 0 Å². The van der Waals surface area contributed by atoms with E-state index in [1.165, 1.54) is 24.3 Å². The highest BCUT2D eigenvalue weighted by atomic mass is 19.2. The Morgan fingerprint density at radius 3 is 1.64 bits per heavy atom. The van der Waals surface area contributed by atoms with Crippen molar-refractivity contribution in [1.82, 2.24) is 0 Å². The molecule has 5 aromatic carbocycles. The van der Waals surface area contributed by atoms with Crippen LogP contribution >= 0.6 is 0 Å². The Morgan fingerprint density at radius 2 is 1.03 bits per heavy atom. The molecule has 0 amide bonds. The van der Waals surface area contributed by atoms with Gasteiger partial charge >= 0.3 is 0 Å². The van der Waals surface area contributed by atoms with Crippen molar-refractivity contribution < 1.29 is 26.3 Å². The van der Waals surface area contributed by atoms with Gasteiger partial charge in [0.25, 0.3) is 0 Å². The zero-order chi connectivity index (χ0) is 27.7. The summed E-state index contributed by atoms with van der Waals surface area (Å²) in [4.78, 5) is 0. The van der Waals surface area contributed by atoms with Crippen molar-refractivity contribution >= 4 is 0 Å². The Labute approximate surface area is 221 Å². The molecule has 0 heterocycles. The van der Waals surface area contributed by atoms with E-state index < -0.39 is 34.9 Å². The van der Waals surface area contributed by atoms with Crippen LogP contribution in [0.5, 0.6) is 0 Å². The molecule has 0 saturated heterocycles. The number of halogens is 6. The van der Waals surface area contributed by atoms with Gasteiger partial charge in [-0.25, -0.2) is 26.3 Å². The van der Waals surface area contributed by atoms with Gasteiger partial charge in [0, 0.05) is 16.7 Å². The van der Waals surface area contributed by atoms with E-state index in [1.807, 2.05) is 30.3 Å². The molecule has 0 bridgehead atoms. The minimum absolute atomic E-state index is 0.0542. The van der Waals surface area contributed by atoms with Gasteiger partial charge in [0.2, 0.25) is 0 Å². The zero-order valence-corrected chi connectivity index (χ0v) is 20.4. The highest BCUT2D eigenvalue weighted by Gasteiger charge is 2.15. The van der Waals surface area contributed by atoms with Gasteiger partial charge in [-0.1, -0.05) is 66.4 Å². The molecule has 0 saturated carbocycles. The Bertz CT molecular complexity index is 1730. The second kappa shape index (κ2) is 10.5. The quantitative estimate of drug-likeness (QED) is 0.124. The normalized spacial score (nSPS) is 10.7. The van der Waals surface area contributed by atoms with Crippen LogP contribution in [-0.2, 0) is 0 Å². The molecule has 0 radical (unpaired) electrons. The third-order valence-electron chi connectivity index (χ3n) is 6.27. The lowest BCUT2D eigenvalue weighted by atomic mass is 9.95. The van der Waals surface area contributed by atoms with Gasteiger partial charge in [-0.2, -0.15) is 0 Å². The maximum absolute atomic E-state index is 15.2. The first-order valence-electron chi connectivity index (χ1n) is 11.8. The average Bonchev–Trinajstić information content (AvgIpc) is 2.91. The molecular formula is C33H18F6. The number of hydrogen-bond acceptors (Lipinski definition) is 0. The van der Waals surface area contributed by atoms with E-state index in [2.05, 4.69) is 11.8 Å². The minimum atomic E-state index is -1.62. The van der Waals surface area contributed by atoms with Crippen molar-refractivity contribution in [3.05, 3.63) is 143 Å². The Hall–Kier alpha value is -4.76. The summed E-state index contributed by atoms with van der Waals surface area (Å²) in [5, 5.41) is 0. The lowest BCUT2D eigenvalue weighted by Gasteiger charge is -2.11. The predicted octanol–water partition coefficient (Wildman–Crippen LogP) is 9.23. The standard InChI is InChI=1S/C33H18F6/c1-19-13-24(18-28(34)25(19)10-7-20-14-31(37)33(39)32(38)15-20)27-12-9-23(17-30(27)36)26-11-8-22(16-29(26)35)21-5-3-2-4-6-21/h2-6,8-9,11-18H,1H3. The molecular weight excluding hydrogens is 510 g/mol. The fourth-order valence-electron chi connectivity index (χ4n) is 4.30. The monoisotopic (exact) mass is 528 g/mol. The van der Waals surface area contributed by atoms with Crippen LogP contribution in [-0.4, -0.2) is 0 Å². The third kappa shape index (κ3) is 5.30. The second-order valence-electron chi connectivity index (χ2n) is 8.91. The molecule has 0 aliphatic heterocycles. The van der Waals surface area contributed by atoms with Gasteiger partial charge in [0.15, 0.2) is 17.5 Å². The summed E-state index contributed by atoms with van der Waals surface area (Å²) in [6.07, 6.45) is 0. The number of aryl methyl sites for hydroxylation is 1. The molecule has 192 valence electrons. The summed E-state index contributed by atoms with van der Waals surface area (Å²) in [5.41, 5.74) is 2.56. The fourth-order valence-corrected chi connectivity index (χ4v) is 4.30. The van der Waals surface area contributed by atoms with E-state index in [-0.39, 0.29) is 27.8 Å². The smallest absolute Gasteiger partial charge is 0.194 e. The van der Waals surface area contributed by atoms with Crippen molar-refractivity contribution in [3.8, 4) is 45.2 Å². The number of hydrogen-bond donors (Lipinski definition) is 0. The van der Waals surface area contributed by atoms with Gasteiger partial charge in [-0.3, -0.25) is 0 Å². The van der Waals surface area contributed by atoms with E-state index in [9.17, 15) is 22.0 Å². The molecule has 0 fully saturated rings. The van der Waals surface area contributed by atoms with Crippen LogP contribution in [0.15, 0.2) is 91.0 Å². The van der Waals surface area contributed by atoms with E-state index in [0.29, 0.717) is 28.8 Å². The van der Waals surface area contributed by atoms with Crippen LogP contribution < -0.4 is 0 Å². The zero-order valence-electron chi connectivity index (χ0n) is 20.4. The van der Waals surface area contributed by atoms with Crippen molar-refractivity contribution in [2.45, 2.75) is 6.92 Å². The Balaban J connectivity index is 1.44. The van der Waals surface area contributed by atoms with Crippen molar-refractivity contribution in [1.29, 1.82) is 0 Å². The van der Waals surface area contributed by atoms with Gasteiger partial charge in [-0.05, 0) is 71.1 Å². The lowest BCUT2D eigenvalue weighted by molar-refractivity contribution is 0.446. The molecule has 0 atom stereocenters. The highest BCUT2D eigenvalue weighted by molar-refractivity contribution is 5.75. The molecule has 39 heavy (non-hydrogen) atoms. The molecule has 5 aromatic rings. The van der Waals surface area contributed by atoms with Crippen LogP contribution in [0.4, 0.5) is 26.3 Å². The molecule has 0 spiro atoms.